The third kappa shape index (κ3) is 7.95. The molecule has 2 unspecified atom stereocenters. The number of aliphatic hydroxyl groups is 2. The average molecular weight is 422 g/mol. The minimum Gasteiger partial charge on any atom is -1.00 e. The fraction of sp³-hybridized carbons (Fsp3) is 0.111. The van der Waals surface area contributed by atoms with E-state index in [4.69, 9.17) is 0 Å². The number of benzene rings is 2. The van der Waals surface area contributed by atoms with Crippen molar-refractivity contribution in [3.63, 3.8) is 0 Å². The summed E-state index contributed by atoms with van der Waals surface area (Å²) in [6, 6.07) is 14.8. The number of ether oxygens (including phenoxy) is 2. The molecule has 10 heteroatoms. The van der Waals surface area contributed by atoms with Gasteiger partial charge in [-0.3, -0.25) is 0 Å². The Morgan fingerprint density at radius 1 is 0.679 bits per heavy atom. The Hall–Kier alpha value is -0.724. The summed E-state index contributed by atoms with van der Waals surface area (Å²) in [7, 11) is 0. The van der Waals surface area contributed by atoms with E-state index < -0.39 is 36.1 Å². The summed E-state index contributed by atoms with van der Waals surface area (Å²) in [4.78, 5) is 46.8. The van der Waals surface area contributed by atoms with E-state index >= 15 is 0 Å². The predicted molar refractivity (Wildman–Crippen MR) is 88.0 cm³/mol. The second kappa shape index (κ2) is 13.5. The SMILES string of the molecule is O=C(OC(=O)C(O)C(O)C(=O)OC(=O)c1ccccc1)c1ccccc1.[H-].[H-].[K+].[Na+]. The van der Waals surface area contributed by atoms with Gasteiger partial charge in [0.15, 0.2) is 12.2 Å². The van der Waals surface area contributed by atoms with E-state index in [1.807, 2.05) is 0 Å². The zero-order valence-corrected chi connectivity index (χ0v) is 20.4. The van der Waals surface area contributed by atoms with Crippen molar-refractivity contribution in [2.45, 2.75) is 12.2 Å². The molecule has 0 aromatic heterocycles. The van der Waals surface area contributed by atoms with Gasteiger partial charge in [-0.15, -0.1) is 0 Å². The van der Waals surface area contributed by atoms with E-state index in [0.717, 1.165) is 0 Å². The number of rotatable bonds is 5. The van der Waals surface area contributed by atoms with Crippen LogP contribution in [0.25, 0.3) is 0 Å². The van der Waals surface area contributed by atoms with Crippen LogP contribution in [0.2, 0.25) is 0 Å². The van der Waals surface area contributed by atoms with E-state index in [-0.39, 0.29) is 94.9 Å². The molecule has 0 aliphatic rings. The van der Waals surface area contributed by atoms with Crippen molar-refractivity contribution in [1.82, 2.24) is 0 Å². The molecule has 2 aromatic carbocycles. The van der Waals surface area contributed by atoms with Gasteiger partial charge in [0, 0.05) is 0 Å². The monoisotopic (exact) mass is 422 g/mol. The zero-order chi connectivity index (χ0) is 19.1. The summed E-state index contributed by atoms with van der Waals surface area (Å²) < 4.78 is 8.76. The van der Waals surface area contributed by atoms with Gasteiger partial charge < -0.3 is 22.5 Å². The Morgan fingerprint density at radius 3 is 1.25 bits per heavy atom. The number of aliphatic hydroxyl groups excluding tert-OH is 2. The molecule has 0 aliphatic heterocycles. The molecule has 0 saturated carbocycles. The summed E-state index contributed by atoms with van der Waals surface area (Å²) in [5.74, 6) is -5.27. The topological polar surface area (TPSA) is 127 Å². The number of carbonyl (C=O) groups excluding carboxylic acids is 4. The second-order valence-electron chi connectivity index (χ2n) is 5.04. The average Bonchev–Trinajstić information content (AvgIpc) is 2.67. The number of hydrogen-bond acceptors (Lipinski definition) is 8. The first-order chi connectivity index (χ1) is 12.4. The van der Waals surface area contributed by atoms with Crippen LogP contribution in [0.3, 0.4) is 0 Å². The molecule has 0 bridgehead atoms. The van der Waals surface area contributed by atoms with Crippen LogP contribution < -0.4 is 80.9 Å². The van der Waals surface area contributed by atoms with Crippen molar-refractivity contribution < 1.29 is 123 Å². The third-order valence-electron chi connectivity index (χ3n) is 3.19. The van der Waals surface area contributed by atoms with Gasteiger partial charge in [0.2, 0.25) is 0 Å². The van der Waals surface area contributed by atoms with Crippen LogP contribution >= 0.6 is 0 Å². The maximum absolute atomic E-state index is 11.7. The first-order valence-electron chi connectivity index (χ1n) is 7.38. The molecule has 8 nitrogen and oxygen atoms in total. The Labute approximate surface area is 227 Å². The summed E-state index contributed by atoms with van der Waals surface area (Å²) in [6.45, 7) is 0. The Morgan fingerprint density at radius 2 is 0.964 bits per heavy atom. The molecule has 0 saturated heterocycles. The van der Waals surface area contributed by atoms with Gasteiger partial charge in [-0.2, -0.15) is 0 Å². The van der Waals surface area contributed by atoms with Crippen molar-refractivity contribution in [2.75, 3.05) is 0 Å². The minimum absolute atomic E-state index is 0. The molecule has 0 amide bonds. The molecule has 2 rings (SSSR count). The van der Waals surface area contributed by atoms with Gasteiger partial charge in [0.05, 0.1) is 11.1 Å². The third-order valence-corrected chi connectivity index (χ3v) is 3.19. The van der Waals surface area contributed by atoms with Crippen LogP contribution in [-0.2, 0) is 19.1 Å². The van der Waals surface area contributed by atoms with E-state index in [1.54, 1.807) is 12.1 Å². The zero-order valence-electron chi connectivity index (χ0n) is 17.3. The number of esters is 4. The first-order valence-corrected chi connectivity index (χ1v) is 7.38. The van der Waals surface area contributed by atoms with Gasteiger partial charge in [-0.1, -0.05) is 36.4 Å². The Balaban J connectivity index is -0.00000182. The standard InChI is InChI=1S/C18H14O8.K.Na.2H/c19-13(17(23)25-15(21)11-7-3-1-4-8-11)14(20)18(24)26-16(22)12-9-5-2-6-10-12;;;;/h1-10,13-14,19-20H;;;;/q;2*+1;2*-1. The summed E-state index contributed by atoms with van der Waals surface area (Å²) in [5, 5.41) is 19.3. The van der Waals surface area contributed by atoms with Gasteiger partial charge in [0.1, 0.15) is 0 Å². The molecular weight excluding hydrogens is 406 g/mol. The number of carbonyl (C=O) groups is 4. The molecule has 2 aromatic rings. The van der Waals surface area contributed by atoms with Gasteiger partial charge >= 0.3 is 105 Å². The van der Waals surface area contributed by atoms with Crippen molar-refractivity contribution in [2.24, 2.45) is 0 Å². The van der Waals surface area contributed by atoms with E-state index in [0.29, 0.717) is 0 Å². The number of hydrogen-bond donors (Lipinski definition) is 2. The first kappa shape index (κ1) is 27.3. The van der Waals surface area contributed by atoms with Crippen molar-refractivity contribution >= 4 is 23.9 Å². The summed E-state index contributed by atoms with van der Waals surface area (Å²) in [5.41, 5.74) is 0.0637. The maximum atomic E-state index is 11.7. The largest absolute Gasteiger partial charge is 1.00 e. The smallest absolute Gasteiger partial charge is 1.00 e. The van der Waals surface area contributed by atoms with Crippen molar-refractivity contribution in [3.8, 4) is 0 Å². The van der Waals surface area contributed by atoms with Crippen LogP contribution in [-0.4, -0.2) is 46.3 Å². The van der Waals surface area contributed by atoms with E-state index in [2.05, 4.69) is 9.47 Å². The van der Waals surface area contributed by atoms with Crippen LogP contribution in [0.5, 0.6) is 0 Å². The molecule has 0 spiro atoms. The van der Waals surface area contributed by atoms with Crippen LogP contribution in [0.4, 0.5) is 0 Å². The quantitative estimate of drug-likeness (QED) is 0.278. The van der Waals surface area contributed by atoms with Crippen molar-refractivity contribution in [3.05, 3.63) is 71.8 Å². The second-order valence-corrected chi connectivity index (χ2v) is 5.04. The van der Waals surface area contributed by atoms with Crippen LogP contribution in [0.15, 0.2) is 60.7 Å². The maximum Gasteiger partial charge on any atom is 1.00 e. The van der Waals surface area contributed by atoms with Crippen LogP contribution in [0, 0.1) is 0 Å². The molecule has 0 radical (unpaired) electrons. The fourth-order valence-electron chi connectivity index (χ4n) is 1.83. The van der Waals surface area contributed by atoms with Gasteiger partial charge in [0.25, 0.3) is 0 Å². The van der Waals surface area contributed by atoms with Gasteiger partial charge in [-0.25, -0.2) is 19.2 Å². The summed E-state index contributed by atoms with van der Waals surface area (Å²) in [6.07, 6.45) is -4.81. The van der Waals surface area contributed by atoms with Crippen molar-refractivity contribution in [1.29, 1.82) is 0 Å². The van der Waals surface area contributed by atoms with Crippen LogP contribution in [0.1, 0.15) is 23.6 Å². The predicted octanol–water partition coefficient (Wildman–Crippen LogP) is -5.29. The molecule has 138 valence electrons. The van der Waals surface area contributed by atoms with E-state index in [1.165, 1.54) is 48.5 Å². The molecule has 28 heavy (non-hydrogen) atoms. The fourth-order valence-corrected chi connectivity index (χ4v) is 1.83. The normalized spacial score (nSPS) is 11.6. The van der Waals surface area contributed by atoms with Gasteiger partial charge in [-0.05, 0) is 24.3 Å². The molecule has 0 aliphatic carbocycles. The Bertz CT molecular complexity index is 754. The molecular formula is C18H16KNaO8. The summed E-state index contributed by atoms with van der Waals surface area (Å²) >= 11 is 0. The Kier molecular flexibility index (Phi) is 13.1. The molecule has 2 N–H and O–H groups in total. The molecule has 0 heterocycles. The minimum atomic E-state index is -2.40. The van der Waals surface area contributed by atoms with E-state index in [9.17, 15) is 29.4 Å². The molecule has 0 fully saturated rings. The molecule has 2 atom stereocenters.